The topological polar surface area (TPSA) is 79.0 Å². The van der Waals surface area contributed by atoms with Gasteiger partial charge in [0.2, 0.25) is 0 Å². The number of phenols is 1. The Hall–Kier alpha value is -1.90. The molecule has 0 aliphatic carbocycles. The van der Waals surface area contributed by atoms with E-state index in [0.29, 0.717) is 18.3 Å². The van der Waals surface area contributed by atoms with E-state index in [-0.39, 0.29) is 35.8 Å². The van der Waals surface area contributed by atoms with Crippen molar-refractivity contribution < 1.29 is 14.3 Å². The molecular formula is C18H26IN3O3. The van der Waals surface area contributed by atoms with Crippen molar-refractivity contribution in [2.75, 3.05) is 13.7 Å². The third-order valence-electron chi connectivity index (χ3n) is 3.55. The molecular weight excluding hydrogens is 433 g/mol. The lowest BCUT2D eigenvalue weighted by molar-refractivity contribution is 0.373. The maximum atomic E-state index is 9.84. The van der Waals surface area contributed by atoms with Gasteiger partial charge in [-0.15, -0.1) is 24.0 Å². The summed E-state index contributed by atoms with van der Waals surface area (Å²) in [5.41, 5.74) is 0.895. The molecule has 0 aliphatic heterocycles. The molecule has 3 N–H and O–H groups in total. The lowest BCUT2D eigenvalue weighted by atomic mass is 10.2. The molecule has 25 heavy (non-hydrogen) atoms. The van der Waals surface area contributed by atoms with Crippen molar-refractivity contribution in [2.45, 2.75) is 33.4 Å². The van der Waals surface area contributed by atoms with E-state index >= 15 is 0 Å². The molecule has 2 rings (SSSR count). The molecule has 6 nitrogen and oxygen atoms in total. The summed E-state index contributed by atoms with van der Waals surface area (Å²) in [6, 6.07) is 9.17. The lowest BCUT2D eigenvalue weighted by Gasteiger charge is -2.16. The molecule has 1 aromatic heterocycles. The molecule has 1 unspecified atom stereocenters. The van der Waals surface area contributed by atoms with Crippen molar-refractivity contribution in [2.24, 2.45) is 4.99 Å². The Morgan fingerprint density at radius 3 is 2.64 bits per heavy atom. The second-order valence-electron chi connectivity index (χ2n) is 5.52. The number of phenolic OH excluding ortho intramolecular Hbond substituents is 1. The largest absolute Gasteiger partial charge is 0.504 e. The highest BCUT2D eigenvalue weighted by Gasteiger charge is 2.11. The van der Waals surface area contributed by atoms with Crippen LogP contribution in [0.4, 0.5) is 0 Å². The number of aryl methyl sites for hydroxylation is 1. The van der Waals surface area contributed by atoms with E-state index in [1.165, 1.54) is 7.11 Å². The van der Waals surface area contributed by atoms with E-state index in [1.54, 1.807) is 12.1 Å². The smallest absolute Gasteiger partial charge is 0.192 e. The van der Waals surface area contributed by atoms with Gasteiger partial charge in [0.15, 0.2) is 17.5 Å². The zero-order valence-electron chi connectivity index (χ0n) is 15.0. The first-order valence-corrected chi connectivity index (χ1v) is 8.00. The molecule has 0 aliphatic rings. The Morgan fingerprint density at radius 2 is 2.08 bits per heavy atom. The number of methoxy groups -OCH3 is 1. The Morgan fingerprint density at radius 1 is 1.32 bits per heavy atom. The number of hydrogen-bond acceptors (Lipinski definition) is 4. The van der Waals surface area contributed by atoms with E-state index in [0.717, 1.165) is 23.6 Å². The number of halogens is 1. The number of rotatable bonds is 6. The average molecular weight is 459 g/mol. The number of furan rings is 1. The summed E-state index contributed by atoms with van der Waals surface area (Å²) in [4.78, 5) is 4.55. The third kappa shape index (κ3) is 6.15. The maximum absolute atomic E-state index is 9.84. The number of benzene rings is 1. The van der Waals surface area contributed by atoms with Gasteiger partial charge in [-0.05, 0) is 50.6 Å². The van der Waals surface area contributed by atoms with Gasteiger partial charge in [0.25, 0.3) is 0 Å². The Bertz CT molecular complexity index is 701. The van der Waals surface area contributed by atoms with Gasteiger partial charge in [0.1, 0.15) is 11.5 Å². The number of nitrogens with one attached hydrogen (secondary N) is 2. The Labute approximate surface area is 165 Å². The van der Waals surface area contributed by atoms with E-state index in [2.05, 4.69) is 15.6 Å². The second-order valence-corrected chi connectivity index (χ2v) is 5.52. The van der Waals surface area contributed by atoms with E-state index in [4.69, 9.17) is 9.15 Å². The van der Waals surface area contributed by atoms with Crippen LogP contribution in [0.2, 0.25) is 0 Å². The van der Waals surface area contributed by atoms with Gasteiger partial charge in [-0.25, -0.2) is 4.99 Å². The summed E-state index contributed by atoms with van der Waals surface area (Å²) in [6.45, 7) is 7.15. The highest BCUT2D eigenvalue weighted by atomic mass is 127. The molecule has 0 radical (unpaired) electrons. The first kappa shape index (κ1) is 21.1. The van der Waals surface area contributed by atoms with Crippen LogP contribution in [0.3, 0.4) is 0 Å². The highest BCUT2D eigenvalue weighted by molar-refractivity contribution is 14.0. The molecule has 0 spiro atoms. The summed E-state index contributed by atoms with van der Waals surface area (Å²) in [6.07, 6.45) is 0. The predicted octanol–water partition coefficient (Wildman–Crippen LogP) is 3.74. The van der Waals surface area contributed by atoms with Crippen molar-refractivity contribution in [1.29, 1.82) is 0 Å². The van der Waals surface area contributed by atoms with Crippen LogP contribution in [-0.4, -0.2) is 24.7 Å². The van der Waals surface area contributed by atoms with Gasteiger partial charge >= 0.3 is 0 Å². The van der Waals surface area contributed by atoms with Crippen molar-refractivity contribution in [3.63, 3.8) is 0 Å². The summed E-state index contributed by atoms with van der Waals surface area (Å²) in [7, 11) is 1.53. The number of hydrogen-bond donors (Lipinski definition) is 3. The molecule has 1 heterocycles. The maximum Gasteiger partial charge on any atom is 0.192 e. The quantitative estimate of drug-likeness (QED) is 0.349. The van der Waals surface area contributed by atoms with Crippen LogP contribution in [0.25, 0.3) is 0 Å². The number of aromatic hydroxyl groups is 1. The molecule has 2 aromatic rings. The second kappa shape index (κ2) is 10.2. The molecule has 138 valence electrons. The third-order valence-corrected chi connectivity index (χ3v) is 3.55. The molecule has 1 atom stereocenters. The molecule has 0 saturated carbocycles. The number of nitrogens with zero attached hydrogens (tertiary/aromatic N) is 1. The first-order chi connectivity index (χ1) is 11.5. The summed E-state index contributed by atoms with van der Waals surface area (Å²) in [5, 5.41) is 16.4. The Kier molecular flexibility index (Phi) is 8.60. The minimum Gasteiger partial charge on any atom is -0.504 e. The first-order valence-electron chi connectivity index (χ1n) is 8.00. The van der Waals surface area contributed by atoms with Gasteiger partial charge in [-0.2, -0.15) is 0 Å². The standard InChI is InChI=1S/C18H25N3O3.HI/c1-5-19-18(21-13(3)16-8-6-12(2)24-16)20-11-14-7-9-17(23-4)15(22)10-14;/h6-10,13,22H,5,11H2,1-4H3,(H2,19,20,21);1H. The Balaban J connectivity index is 0.00000312. The van der Waals surface area contributed by atoms with Crippen LogP contribution in [0.5, 0.6) is 11.5 Å². The summed E-state index contributed by atoms with van der Waals surface area (Å²) in [5.74, 6) is 3.00. The van der Waals surface area contributed by atoms with Crippen LogP contribution in [0, 0.1) is 6.92 Å². The monoisotopic (exact) mass is 459 g/mol. The number of guanidine groups is 1. The van der Waals surface area contributed by atoms with Gasteiger partial charge < -0.3 is 24.9 Å². The lowest BCUT2D eigenvalue weighted by Crippen LogP contribution is -2.38. The molecule has 0 fully saturated rings. The van der Waals surface area contributed by atoms with Crippen molar-refractivity contribution in [3.8, 4) is 11.5 Å². The summed E-state index contributed by atoms with van der Waals surface area (Å²) < 4.78 is 10.7. The van der Waals surface area contributed by atoms with Gasteiger partial charge in [0, 0.05) is 6.54 Å². The van der Waals surface area contributed by atoms with Gasteiger partial charge in [0.05, 0.1) is 19.7 Å². The fourth-order valence-electron chi connectivity index (χ4n) is 2.29. The normalized spacial score (nSPS) is 12.2. The minimum absolute atomic E-state index is 0. The van der Waals surface area contributed by atoms with Gasteiger partial charge in [-0.1, -0.05) is 6.07 Å². The molecule has 0 amide bonds. The average Bonchev–Trinajstić information content (AvgIpc) is 2.99. The van der Waals surface area contributed by atoms with Crippen molar-refractivity contribution in [1.82, 2.24) is 10.6 Å². The fraction of sp³-hybridized carbons (Fsp3) is 0.389. The molecule has 7 heteroatoms. The van der Waals surface area contributed by atoms with E-state index in [9.17, 15) is 5.11 Å². The minimum atomic E-state index is 0. The molecule has 1 aromatic carbocycles. The van der Waals surface area contributed by atoms with Crippen LogP contribution >= 0.6 is 24.0 Å². The van der Waals surface area contributed by atoms with E-state index in [1.807, 2.05) is 39.0 Å². The van der Waals surface area contributed by atoms with Gasteiger partial charge in [-0.3, -0.25) is 0 Å². The zero-order valence-corrected chi connectivity index (χ0v) is 17.3. The highest BCUT2D eigenvalue weighted by Crippen LogP contribution is 2.26. The van der Waals surface area contributed by atoms with Crippen molar-refractivity contribution >= 4 is 29.9 Å². The van der Waals surface area contributed by atoms with Crippen LogP contribution in [0.1, 0.15) is 37.0 Å². The van der Waals surface area contributed by atoms with E-state index < -0.39 is 0 Å². The SMILES string of the molecule is CCNC(=NCc1ccc(OC)c(O)c1)NC(C)c1ccc(C)o1.I. The fourth-order valence-corrected chi connectivity index (χ4v) is 2.29. The van der Waals surface area contributed by atoms with Crippen LogP contribution in [0.15, 0.2) is 39.7 Å². The number of aliphatic imine (C=N–C) groups is 1. The molecule has 0 saturated heterocycles. The summed E-state index contributed by atoms with van der Waals surface area (Å²) >= 11 is 0. The number of ether oxygens (including phenoxy) is 1. The predicted molar refractivity (Wildman–Crippen MR) is 110 cm³/mol. The van der Waals surface area contributed by atoms with Crippen LogP contribution < -0.4 is 15.4 Å². The molecule has 0 bridgehead atoms. The zero-order chi connectivity index (χ0) is 17.5. The van der Waals surface area contributed by atoms with Crippen molar-refractivity contribution in [3.05, 3.63) is 47.4 Å². The van der Waals surface area contributed by atoms with Crippen LogP contribution in [-0.2, 0) is 6.54 Å².